The van der Waals surface area contributed by atoms with E-state index in [9.17, 15) is 13.2 Å². The van der Waals surface area contributed by atoms with Gasteiger partial charge in [-0.05, 0) is 34.7 Å². The summed E-state index contributed by atoms with van der Waals surface area (Å²) in [4.78, 5) is 8.15. The Morgan fingerprint density at radius 3 is 1.97 bits per heavy atom. The normalized spacial score (nSPS) is 14.1. The summed E-state index contributed by atoms with van der Waals surface area (Å²) in [6.45, 7) is 4.45. The van der Waals surface area contributed by atoms with Gasteiger partial charge in [-0.15, -0.1) is 0 Å². The summed E-state index contributed by atoms with van der Waals surface area (Å²) < 4.78 is 63.1. The molecule has 1 heterocycles. The molecule has 1 atom stereocenters. The van der Waals surface area contributed by atoms with Gasteiger partial charge in [0.1, 0.15) is 23.5 Å². The van der Waals surface area contributed by atoms with Crippen LogP contribution in [-0.4, -0.2) is 29.9 Å². The molecule has 0 aliphatic heterocycles. The molecule has 1 unspecified atom stereocenters. The highest BCUT2D eigenvalue weighted by Gasteiger charge is 2.47. The third-order valence-corrected chi connectivity index (χ3v) is 5.27. The number of benzene rings is 2. The molecule has 0 saturated carbocycles. The van der Waals surface area contributed by atoms with Gasteiger partial charge in [-0.25, -0.2) is 14.4 Å². The van der Waals surface area contributed by atoms with Crippen molar-refractivity contribution in [2.24, 2.45) is 5.41 Å². The van der Waals surface area contributed by atoms with Gasteiger partial charge in [0, 0.05) is 30.6 Å². The molecule has 0 saturated heterocycles. The topological polar surface area (TPSA) is 44.2 Å². The number of rotatable bonds is 6. The van der Waals surface area contributed by atoms with Crippen molar-refractivity contribution in [2.45, 2.75) is 32.5 Å². The first-order valence-corrected chi connectivity index (χ1v) is 9.88. The number of hydrogen-bond acceptors (Lipinski definition) is 4. The minimum atomic E-state index is -4.41. The smallest absolute Gasteiger partial charge is 0.422 e. The zero-order valence-electron chi connectivity index (χ0n) is 18.2. The van der Waals surface area contributed by atoms with Crippen LogP contribution >= 0.6 is 0 Å². The van der Waals surface area contributed by atoms with E-state index in [0.717, 1.165) is 0 Å². The molecule has 0 radical (unpaired) electrons. The number of alkyl halides is 3. The van der Waals surface area contributed by atoms with Gasteiger partial charge < -0.3 is 9.47 Å². The Hall–Kier alpha value is -3.00. The van der Waals surface area contributed by atoms with Crippen molar-refractivity contribution in [1.82, 2.24) is 9.97 Å². The molecular weight excluding hydrogens is 424 g/mol. The second-order valence-corrected chi connectivity index (χ2v) is 8.39. The van der Waals surface area contributed by atoms with Crippen LogP contribution < -0.4 is 4.74 Å². The lowest BCUT2D eigenvalue weighted by Gasteiger charge is -2.44. The number of methoxy groups -OCH3 is 1. The zero-order chi connectivity index (χ0) is 23.6. The summed E-state index contributed by atoms with van der Waals surface area (Å²) in [5.74, 6) is -0.404. The maximum absolute atomic E-state index is 15.5. The Kier molecular flexibility index (Phi) is 6.55. The van der Waals surface area contributed by atoms with E-state index in [1.54, 1.807) is 36.7 Å². The number of nitrogens with zero attached hydrogens (tertiary/aromatic N) is 2. The Bertz CT molecular complexity index is 1050. The highest BCUT2D eigenvalue weighted by molar-refractivity contribution is 5.65. The maximum atomic E-state index is 15.5. The molecule has 32 heavy (non-hydrogen) atoms. The van der Waals surface area contributed by atoms with Gasteiger partial charge in [0.2, 0.25) is 0 Å². The molecule has 0 fully saturated rings. The molecule has 0 aliphatic carbocycles. The largest absolute Gasteiger partial charge is 0.484 e. The molecule has 0 bridgehead atoms. The lowest BCUT2D eigenvalue weighted by atomic mass is 9.68. The van der Waals surface area contributed by atoms with E-state index in [4.69, 9.17) is 9.47 Å². The van der Waals surface area contributed by atoms with Crippen molar-refractivity contribution < 1.29 is 27.0 Å². The molecule has 1 aromatic heterocycles. The minimum Gasteiger partial charge on any atom is -0.484 e. The fourth-order valence-electron chi connectivity index (χ4n) is 3.90. The zero-order valence-corrected chi connectivity index (χ0v) is 18.2. The van der Waals surface area contributed by atoms with E-state index in [-0.39, 0.29) is 5.75 Å². The summed E-state index contributed by atoms with van der Waals surface area (Å²) in [5.41, 5.74) is 0.454. The average molecular weight is 448 g/mol. The summed E-state index contributed by atoms with van der Waals surface area (Å²) >= 11 is 0. The standard InChI is InChI=1S/C24H24F4N2O2/c1-22(2,3)24(31-4,18-12-29-15-30-13-18)20-10-7-17(11-21(20)25)16-5-8-19(9-6-16)32-14-23(26,27)28/h5-13,15H,14H2,1-4H3. The molecule has 0 amide bonds. The van der Waals surface area contributed by atoms with Gasteiger partial charge in [-0.3, -0.25) is 0 Å². The van der Waals surface area contributed by atoms with Gasteiger partial charge in [-0.2, -0.15) is 13.2 Å². The van der Waals surface area contributed by atoms with E-state index < -0.39 is 29.6 Å². The molecule has 0 aliphatic rings. The predicted octanol–water partition coefficient (Wildman–Crippen LogP) is 6.16. The molecule has 170 valence electrons. The van der Waals surface area contributed by atoms with Crippen LogP contribution in [0.4, 0.5) is 17.6 Å². The Balaban J connectivity index is 1.98. The lowest BCUT2D eigenvalue weighted by Crippen LogP contribution is -2.44. The number of halogens is 4. The van der Waals surface area contributed by atoms with Gasteiger partial charge >= 0.3 is 6.18 Å². The van der Waals surface area contributed by atoms with Crippen molar-refractivity contribution in [3.8, 4) is 16.9 Å². The molecule has 4 nitrogen and oxygen atoms in total. The van der Waals surface area contributed by atoms with E-state index in [1.165, 1.54) is 31.6 Å². The molecular formula is C24H24F4N2O2. The highest BCUT2D eigenvalue weighted by atomic mass is 19.4. The van der Waals surface area contributed by atoms with Gasteiger partial charge in [0.15, 0.2) is 6.61 Å². The monoisotopic (exact) mass is 448 g/mol. The van der Waals surface area contributed by atoms with Crippen LogP contribution in [-0.2, 0) is 10.3 Å². The second-order valence-electron chi connectivity index (χ2n) is 8.39. The Morgan fingerprint density at radius 2 is 1.47 bits per heavy atom. The maximum Gasteiger partial charge on any atom is 0.422 e. The third kappa shape index (κ3) is 4.75. The van der Waals surface area contributed by atoms with Crippen LogP contribution in [0, 0.1) is 11.2 Å². The Labute approximate surface area is 184 Å². The van der Waals surface area contributed by atoms with Crippen molar-refractivity contribution in [2.75, 3.05) is 13.7 Å². The fraction of sp³-hybridized carbons (Fsp3) is 0.333. The van der Waals surface area contributed by atoms with Gasteiger partial charge in [0.25, 0.3) is 0 Å². The lowest BCUT2D eigenvalue weighted by molar-refractivity contribution is -0.153. The van der Waals surface area contributed by atoms with Crippen LogP contribution in [0.1, 0.15) is 31.9 Å². The molecule has 0 spiro atoms. The second kappa shape index (κ2) is 8.86. The van der Waals surface area contributed by atoms with Crippen LogP contribution in [0.3, 0.4) is 0 Å². The summed E-state index contributed by atoms with van der Waals surface area (Å²) in [7, 11) is 1.52. The van der Waals surface area contributed by atoms with Crippen molar-refractivity contribution >= 4 is 0 Å². The highest BCUT2D eigenvalue weighted by Crippen LogP contribution is 2.48. The average Bonchev–Trinajstić information content (AvgIpc) is 2.74. The number of ether oxygens (including phenoxy) is 2. The minimum absolute atomic E-state index is 0.0818. The van der Waals surface area contributed by atoms with Crippen LogP contribution in [0.15, 0.2) is 61.2 Å². The molecule has 3 rings (SSSR count). The number of hydrogen-bond donors (Lipinski definition) is 0. The predicted molar refractivity (Wildman–Crippen MR) is 113 cm³/mol. The SMILES string of the molecule is COC(c1cncnc1)(c1ccc(-c2ccc(OCC(F)(F)F)cc2)cc1F)C(C)(C)C. The third-order valence-electron chi connectivity index (χ3n) is 5.27. The summed E-state index contributed by atoms with van der Waals surface area (Å²) in [5, 5.41) is 0. The van der Waals surface area contributed by atoms with Crippen molar-refractivity contribution in [1.29, 1.82) is 0 Å². The van der Waals surface area contributed by atoms with Crippen molar-refractivity contribution in [3.05, 3.63) is 78.1 Å². The van der Waals surface area contributed by atoms with E-state index in [2.05, 4.69) is 9.97 Å². The van der Waals surface area contributed by atoms with E-state index in [0.29, 0.717) is 22.3 Å². The number of aromatic nitrogens is 2. The van der Waals surface area contributed by atoms with E-state index >= 15 is 4.39 Å². The molecule has 3 aromatic rings. The van der Waals surface area contributed by atoms with Gasteiger partial charge in [-0.1, -0.05) is 45.0 Å². The molecule has 2 aromatic carbocycles. The first-order valence-electron chi connectivity index (χ1n) is 9.88. The van der Waals surface area contributed by atoms with E-state index in [1.807, 2.05) is 20.8 Å². The van der Waals surface area contributed by atoms with Gasteiger partial charge in [0.05, 0.1) is 0 Å². The van der Waals surface area contributed by atoms with Crippen LogP contribution in [0.5, 0.6) is 5.75 Å². The molecule has 8 heteroatoms. The first-order chi connectivity index (χ1) is 15.0. The van der Waals surface area contributed by atoms with Crippen LogP contribution in [0.2, 0.25) is 0 Å². The quantitative estimate of drug-likeness (QED) is 0.424. The summed E-state index contributed by atoms with van der Waals surface area (Å²) in [6, 6.07) is 10.8. The van der Waals surface area contributed by atoms with Crippen molar-refractivity contribution in [3.63, 3.8) is 0 Å². The molecule has 0 N–H and O–H groups in total. The van der Waals surface area contributed by atoms with Crippen LogP contribution in [0.25, 0.3) is 11.1 Å². The Morgan fingerprint density at radius 1 is 0.875 bits per heavy atom. The first kappa shape index (κ1) is 23.7. The summed E-state index contributed by atoms with van der Waals surface area (Å²) in [6.07, 6.45) is 0.194. The fourth-order valence-corrected chi connectivity index (χ4v) is 3.90.